The Hall–Kier alpha value is -1.63. The van der Waals surface area contributed by atoms with Crippen LogP contribution in [0.3, 0.4) is 0 Å². The van der Waals surface area contributed by atoms with Gasteiger partial charge in [-0.05, 0) is 13.8 Å². The van der Waals surface area contributed by atoms with E-state index in [9.17, 15) is 9.59 Å². The second-order valence-electron chi connectivity index (χ2n) is 5.17. The number of hydrogen-bond acceptors (Lipinski definition) is 4. The first kappa shape index (κ1) is 17.4. The summed E-state index contributed by atoms with van der Waals surface area (Å²) in [6.45, 7) is 8.56. The first-order valence-corrected chi connectivity index (χ1v) is 7.95. The van der Waals surface area contributed by atoms with Crippen molar-refractivity contribution < 1.29 is 14.7 Å². The first-order chi connectivity index (χ1) is 9.85. The zero-order valence-electron chi connectivity index (χ0n) is 12.9. The number of carbonyl (C=O) groups excluding carboxylic acids is 1. The average molecular weight is 313 g/mol. The molecule has 0 spiro atoms. The van der Waals surface area contributed by atoms with Crippen LogP contribution in [0.4, 0.5) is 4.79 Å². The number of carboxylic acids is 1. The lowest BCUT2D eigenvalue weighted by molar-refractivity contribution is -0.138. The minimum Gasteiger partial charge on any atom is -0.480 e. The van der Waals surface area contributed by atoms with Crippen LogP contribution >= 0.6 is 11.3 Å². The van der Waals surface area contributed by atoms with Crippen molar-refractivity contribution in [2.45, 2.75) is 46.1 Å². The molecule has 21 heavy (non-hydrogen) atoms. The highest BCUT2D eigenvalue weighted by Gasteiger charge is 2.18. The molecule has 1 aromatic rings. The maximum atomic E-state index is 12.0. The lowest BCUT2D eigenvalue weighted by Gasteiger charge is -2.22. The Kier molecular flexibility index (Phi) is 6.61. The Balaban J connectivity index is 2.53. The molecule has 0 saturated carbocycles. The van der Waals surface area contributed by atoms with Gasteiger partial charge in [0.05, 0.1) is 10.7 Å². The topological polar surface area (TPSA) is 82.5 Å². The normalized spacial score (nSPS) is 12.2. The summed E-state index contributed by atoms with van der Waals surface area (Å²) in [5.41, 5.74) is 0.973. The fourth-order valence-corrected chi connectivity index (χ4v) is 2.56. The third kappa shape index (κ3) is 5.34. The number of carboxylic acid groups (broad SMARTS) is 1. The SMILES string of the molecule is CCN(CCc1csc(C(C)C)n1)C(=O)N[C@@H](C)C(=O)O. The van der Waals surface area contributed by atoms with Gasteiger partial charge in [0.2, 0.25) is 0 Å². The van der Waals surface area contributed by atoms with Gasteiger partial charge < -0.3 is 15.3 Å². The Bertz CT molecular complexity index is 488. The van der Waals surface area contributed by atoms with Crippen LogP contribution in [0.15, 0.2) is 5.38 Å². The molecule has 0 unspecified atom stereocenters. The summed E-state index contributed by atoms with van der Waals surface area (Å²) in [5, 5.41) is 14.4. The maximum Gasteiger partial charge on any atom is 0.325 e. The standard InChI is InChI=1S/C14H23N3O3S/c1-5-17(14(20)15-10(4)13(18)19)7-6-11-8-21-12(16-11)9(2)3/h8-10H,5-7H2,1-4H3,(H,15,20)(H,18,19)/t10-/m0/s1. The van der Waals surface area contributed by atoms with E-state index in [1.165, 1.54) is 6.92 Å². The van der Waals surface area contributed by atoms with Crippen LogP contribution in [0.25, 0.3) is 0 Å². The van der Waals surface area contributed by atoms with Gasteiger partial charge in [0.25, 0.3) is 0 Å². The molecular weight excluding hydrogens is 290 g/mol. The molecule has 0 saturated heterocycles. The van der Waals surface area contributed by atoms with Gasteiger partial charge in [0.15, 0.2) is 0 Å². The molecule has 0 radical (unpaired) electrons. The van der Waals surface area contributed by atoms with Gasteiger partial charge in [0, 0.05) is 30.8 Å². The smallest absolute Gasteiger partial charge is 0.325 e. The molecule has 0 aliphatic carbocycles. The van der Waals surface area contributed by atoms with E-state index in [2.05, 4.69) is 24.1 Å². The molecule has 6 nitrogen and oxygen atoms in total. The van der Waals surface area contributed by atoms with Crippen LogP contribution in [0.2, 0.25) is 0 Å². The van der Waals surface area contributed by atoms with Crippen molar-refractivity contribution in [3.8, 4) is 0 Å². The molecule has 2 N–H and O–H groups in total. The molecule has 0 aromatic carbocycles. The van der Waals surface area contributed by atoms with Crippen molar-refractivity contribution in [3.05, 3.63) is 16.1 Å². The van der Waals surface area contributed by atoms with E-state index >= 15 is 0 Å². The molecular formula is C14H23N3O3S. The predicted octanol–water partition coefficient (Wildman–Crippen LogP) is 2.31. The Morgan fingerprint density at radius 2 is 2.10 bits per heavy atom. The maximum absolute atomic E-state index is 12.0. The first-order valence-electron chi connectivity index (χ1n) is 7.07. The molecule has 0 fully saturated rings. The van der Waals surface area contributed by atoms with E-state index in [-0.39, 0.29) is 6.03 Å². The minimum absolute atomic E-state index is 0.355. The number of carbonyl (C=O) groups is 2. The molecule has 0 bridgehead atoms. The van der Waals surface area contributed by atoms with E-state index in [0.29, 0.717) is 25.4 Å². The van der Waals surface area contributed by atoms with Crippen LogP contribution < -0.4 is 5.32 Å². The van der Waals surface area contributed by atoms with Crippen LogP contribution in [0.5, 0.6) is 0 Å². The summed E-state index contributed by atoms with van der Waals surface area (Å²) in [7, 11) is 0. The molecule has 1 aromatic heterocycles. The number of hydrogen-bond donors (Lipinski definition) is 2. The molecule has 0 aliphatic rings. The highest BCUT2D eigenvalue weighted by molar-refractivity contribution is 7.09. The number of nitrogens with one attached hydrogen (secondary N) is 1. The predicted molar refractivity (Wildman–Crippen MR) is 82.8 cm³/mol. The van der Waals surface area contributed by atoms with Gasteiger partial charge in [-0.2, -0.15) is 0 Å². The number of amides is 2. The van der Waals surface area contributed by atoms with Gasteiger partial charge in [-0.3, -0.25) is 4.79 Å². The number of rotatable bonds is 7. The monoisotopic (exact) mass is 313 g/mol. The molecule has 118 valence electrons. The second-order valence-corrected chi connectivity index (χ2v) is 6.06. The van der Waals surface area contributed by atoms with Crippen molar-refractivity contribution in [2.75, 3.05) is 13.1 Å². The number of thiazole rings is 1. The van der Waals surface area contributed by atoms with Gasteiger partial charge in [0.1, 0.15) is 6.04 Å². The lowest BCUT2D eigenvalue weighted by atomic mass is 10.2. The fraction of sp³-hybridized carbons (Fsp3) is 0.643. The lowest BCUT2D eigenvalue weighted by Crippen LogP contribution is -2.47. The van der Waals surface area contributed by atoms with Crippen molar-refractivity contribution in [2.24, 2.45) is 0 Å². The minimum atomic E-state index is -1.04. The van der Waals surface area contributed by atoms with Crippen LogP contribution in [0, 0.1) is 0 Å². The van der Waals surface area contributed by atoms with Gasteiger partial charge in [-0.15, -0.1) is 11.3 Å². The molecule has 1 atom stereocenters. The molecule has 0 aliphatic heterocycles. The van der Waals surface area contributed by atoms with E-state index in [1.54, 1.807) is 16.2 Å². The molecule has 2 amide bonds. The molecule has 1 heterocycles. The zero-order valence-corrected chi connectivity index (χ0v) is 13.7. The van der Waals surface area contributed by atoms with Gasteiger partial charge in [-0.1, -0.05) is 13.8 Å². The highest BCUT2D eigenvalue weighted by Crippen LogP contribution is 2.19. The van der Waals surface area contributed by atoms with Crippen molar-refractivity contribution in [1.82, 2.24) is 15.2 Å². The van der Waals surface area contributed by atoms with Crippen molar-refractivity contribution in [1.29, 1.82) is 0 Å². The highest BCUT2D eigenvalue weighted by atomic mass is 32.1. The Morgan fingerprint density at radius 1 is 1.43 bits per heavy atom. The second kappa shape index (κ2) is 7.97. The van der Waals surface area contributed by atoms with Gasteiger partial charge in [-0.25, -0.2) is 9.78 Å². The third-order valence-electron chi connectivity index (χ3n) is 3.08. The van der Waals surface area contributed by atoms with Crippen LogP contribution in [0.1, 0.15) is 44.3 Å². The quantitative estimate of drug-likeness (QED) is 0.809. The Labute approximate surface area is 129 Å². The van der Waals surface area contributed by atoms with Crippen LogP contribution in [-0.4, -0.2) is 46.1 Å². The van der Waals surface area contributed by atoms with Crippen molar-refractivity contribution >= 4 is 23.3 Å². The summed E-state index contributed by atoms with van der Waals surface area (Å²) in [4.78, 5) is 28.8. The largest absolute Gasteiger partial charge is 0.480 e. The number of likely N-dealkylation sites (N-methyl/N-ethyl adjacent to an activating group) is 1. The third-order valence-corrected chi connectivity index (χ3v) is 4.27. The zero-order chi connectivity index (χ0) is 16.0. The van der Waals surface area contributed by atoms with Crippen LogP contribution in [-0.2, 0) is 11.2 Å². The van der Waals surface area contributed by atoms with Crippen molar-refractivity contribution in [3.63, 3.8) is 0 Å². The van der Waals surface area contributed by atoms with E-state index < -0.39 is 12.0 Å². The number of aliphatic carboxylic acids is 1. The molecule has 1 rings (SSSR count). The molecule has 7 heteroatoms. The van der Waals surface area contributed by atoms with Gasteiger partial charge >= 0.3 is 12.0 Å². The fourth-order valence-electron chi connectivity index (χ4n) is 1.69. The number of aromatic nitrogens is 1. The van der Waals surface area contributed by atoms with E-state index in [4.69, 9.17) is 5.11 Å². The number of nitrogens with zero attached hydrogens (tertiary/aromatic N) is 2. The van der Waals surface area contributed by atoms with E-state index in [0.717, 1.165) is 10.7 Å². The number of urea groups is 1. The Morgan fingerprint density at radius 3 is 2.57 bits per heavy atom. The summed E-state index contributed by atoms with van der Waals surface area (Å²) >= 11 is 1.63. The summed E-state index contributed by atoms with van der Waals surface area (Å²) in [5.74, 6) is -0.633. The summed E-state index contributed by atoms with van der Waals surface area (Å²) in [6.07, 6.45) is 0.673. The van der Waals surface area contributed by atoms with E-state index in [1.807, 2.05) is 12.3 Å². The summed E-state index contributed by atoms with van der Waals surface area (Å²) in [6, 6.07) is -1.25. The summed E-state index contributed by atoms with van der Waals surface area (Å²) < 4.78 is 0. The average Bonchev–Trinajstić information content (AvgIpc) is 2.88.